The molecule has 0 saturated heterocycles. The Balaban J connectivity index is 2.51. The summed E-state index contributed by atoms with van der Waals surface area (Å²) in [5, 5.41) is 4.14. The molecule has 1 amide bonds. The first-order chi connectivity index (χ1) is 11.7. The summed E-state index contributed by atoms with van der Waals surface area (Å²) >= 11 is 5.88. The molecule has 2 aromatic rings. The summed E-state index contributed by atoms with van der Waals surface area (Å²) in [7, 11) is -3.75. The van der Waals surface area contributed by atoms with E-state index in [0.29, 0.717) is 10.6 Å². The maximum atomic E-state index is 12.7. The number of halogens is 1. The molecule has 0 unspecified atom stereocenters. The molecule has 0 heterocycles. The van der Waals surface area contributed by atoms with Crippen LogP contribution < -0.4 is 5.32 Å². The fourth-order valence-corrected chi connectivity index (χ4v) is 3.26. The number of aryl methyl sites for hydroxylation is 1. The van der Waals surface area contributed by atoms with E-state index in [1.807, 2.05) is 6.92 Å². The van der Waals surface area contributed by atoms with Gasteiger partial charge in [-0.2, -0.15) is 0 Å². The van der Waals surface area contributed by atoms with Gasteiger partial charge in [0.2, 0.25) is 9.84 Å². The number of hydrogen-bond acceptors (Lipinski definition) is 3. The zero-order chi connectivity index (χ0) is 18.6. The van der Waals surface area contributed by atoms with E-state index in [0.717, 1.165) is 11.0 Å². The lowest BCUT2D eigenvalue weighted by Crippen LogP contribution is -2.23. The zero-order valence-corrected chi connectivity index (χ0v) is 15.5. The Morgan fingerprint density at radius 3 is 2.16 bits per heavy atom. The van der Waals surface area contributed by atoms with Gasteiger partial charge >= 0.3 is 0 Å². The van der Waals surface area contributed by atoms with E-state index < -0.39 is 15.7 Å². The summed E-state index contributed by atoms with van der Waals surface area (Å²) in [4.78, 5) is 12.1. The molecule has 0 radical (unpaired) electrons. The van der Waals surface area contributed by atoms with Crippen LogP contribution in [0.25, 0.3) is 5.70 Å². The van der Waals surface area contributed by atoms with Crippen molar-refractivity contribution in [1.82, 2.24) is 5.32 Å². The second kappa shape index (κ2) is 7.68. The molecule has 0 fully saturated rings. The van der Waals surface area contributed by atoms with E-state index in [2.05, 4.69) is 11.9 Å². The predicted molar refractivity (Wildman–Crippen MR) is 101 cm³/mol. The first-order valence-corrected chi connectivity index (χ1v) is 9.38. The molecule has 0 aromatic heterocycles. The van der Waals surface area contributed by atoms with Crippen molar-refractivity contribution < 1.29 is 13.2 Å². The minimum atomic E-state index is -3.75. The van der Waals surface area contributed by atoms with Crippen LogP contribution in [0.5, 0.6) is 0 Å². The molecule has 0 spiro atoms. The Morgan fingerprint density at radius 2 is 1.64 bits per heavy atom. The Kier molecular flexibility index (Phi) is 5.82. The highest BCUT2D eigenvalue weighted by atomic mass is 35.5. The van der Waals surface area contributed by atoms with Crippen LogP contribution in [-0.2, 0) is 14.6 Å². The van der Waals surface area contributed by atoms with E-state index in [1.165, 1.54) is 12.1 Å². The predicted octanol–water partition coefficient (Wildman–Crippen LogP) is 4.11. The fourth-order valence-electron chi connectivity index (χ4n) is 1.98. The number of amides is 1. The minimum absolute atomic E-state index is 0.147. The first-order valence-electron chi connectivity index (χ1n) is 7.45. The molecule has 2 rings (SSSR count). The lowest BCUT2D eigenvalue weighted by molar-refractivity contribution is -0.116. The average Bonchev–Trinajstić information content (AvgIpc) is 2.55. The molecule has 0 bridgehead atoms. The van der Waals surface area contributed by atoms with Gasteiger partial charge in [0.15, 0.2) is 0 Å². The highest BCUT2D eigenvalue weighted by molar-refractivity contribution is 7.94. The van der Waals surface area contributed by atoms with Crippen LogP contribution in [0, 0.1) is 6.92 Å². The van der Waals surface area contributed by atoms with Gasteiger partial charge < -0.3 is 5.32 Å². The molecule has 25 heavy (non-hydrogen) atoms. The number of benzene rings is 2. The summed E-state index contributed by atoms with van der Waals surface area (Å²) in [5.74, 6) is -0.458. The lowest BCUT2D eigenvalue weighted by Gasteiger charge is -2.11. The number of nitrogens with one attached hydrogen (secondary N) is 1. The summed E-state index contributed by atoms with van der Waals surface area (Å²) in [5.41, 5.74) is 1.91. The molecule has 0 aliphatic heterocycles. The molecule has 0 aliphatic carbocycles. The maximum absolute atomic E-state index is 12.7. The van der Waals surface area contributed by atoms with Crippen molar-refractivity contribution in [2.45, 2.75) is 18.7 Å². The molecule has 0 aliphatic rings. The van der Waals surface area contributed by atoms with Crippen molar-refractivity contribution in [3.05, 3.63) is 82.2 Å². The van der Waals surface area contributed by atoms with Gasteiger partial charge in [0.05, 0.1) is 16.0 Å². The largest absolute Gasteiger partial charge is 0.321 e. The quantitative estimate of drug-likeness (QED) is 0.800. The first kappa shape index (κ1) is 19.0. The van der Waals surface area contributed by atoms with E-state index >= 15 is 0 Å². The van der Waals surface area contributed by atoms with Crippen molar-refractivity contribution in [3.8, 4) is 0 Å². The van der Waals surface area contributed by atoms with Crippen LogP contribution >= 0.6 is 11.6 Å². The number of carbonyl (C=O) groups is 1. The van der Waals surface area contributed by atoms with Crippen molar-refractivity contribution in [3.63, 3.8) is 0 Å². The minimum Gasteiger partial charge on any atom is -0.321 e. The van der Waals surface area contributed by atoms with E-state index in [4.69, 9.17) is 11.6 Å². The van der Waals surface area contributed by atoms with Crippen LogP contribution in [0.15, 0.2) is 71.0 Å². The van der Waals surface area contributed by atoms with Crippen molar-refractivity contribution >= 4 is 33.0 Å². The molecule has 2 aromatic carbocycles. The highest BCUT2D eigenvalue weighted by Gasteiger charge is 2.16. The third kappa shape index (κ3) is 5.05. The van der Waals surface area contributed by atoms with Crippen molar-refractivity contribution in [2.75, 3.05) is 0 Å². The molecule has 0 saturated carbocycles. The lowest BCUT2D eigenvalue weighted by atomic mass is 10.1. The van der Waals surface area contributed by atoms with Gasteiger partial charge in [-0.3, -0.25) is 4.79 Å². The van der Waals surface area contributed by atoms with Gasteiger partial charge in [-0.05, 0) is 43.7 Å². The molecule has 1 N–H and O–H groups in total. The summed E-state index contributed by atoms with van der Waals surface area (Å²) in [6.45, 7) is 6.99. The van der Waals surface area contributed by atoms with E-state index in [9.17, 15) is 13.2 Å². The molecule has 4 nitrogen and oxygen atoms in total. The van der Waals surface area contributed by atoms with Gasteiger partial charge in [-0.1, -0.05) is 48.0 Å². The summed E-state index contributed by atoms with van der Waals surface area (Å²) < 4.78 is 25.3. The van der Waals surface area contributed by atoms with Gasteiger partial charge in [0, 0.05) is 10.6 Å². The monoisotopic (exact) mass is 375 g/mol. The van der Waals surface area contributed by atoms with Crippen LogP contribution in [0.1, 0.15) is 18.1 Å². The molecule has 130 valence electrons. The smallest absolute Gasteiger partial charge is 0.250 e. The third-order valence-corrected chi connectivity index (χ3v) is 5.14. The Hall–Kier alpha value is -2.37. The fraction of sp³-hybridized carbons (Fsp3) is 0.105. The molecule has 0 atom stereocenters. The van der Waals surface area contributed by atoms with Crippen LogP contribution in [0.2, 0.25) is 5.02 Å². The SMILES string of the molecule is C=C(C)C(=O)N/C(=C\S(=O)(=O)c1ccc(C)cc1)c1ccc(Cl)cc1. The third-order valence-electron chi connectivity index (χ3n) is 3.41. The number of rotatable bonds is 5. The highest BCUT2D eigenvalue weighted by Crippen LogP contribution is 2.21. The second-order valence-electron chi connectivity index (χ2n) is 5.63. The summed E-state index contributed by atoms with van der Waals surface area (Å²) in [6.07, 6.45) is 0. The van der Waals surface area contributed by atoms with Crippen LogP contribution in [0.4, 0.5) is 0 Å². The number of sulfone groups is 1. The average molecular weight is 376 g/mol. The van der Waals surface area contributed by atoms with Gasteiger partial charge in [-0.15, -0.1) is 0 Å². The molecular formula is C19H18ClNO3S. The van der Waals surface area contributed by atoms with Crippen molar-refractivity contribution in [2.24, 2.45) is 0 Å². The van der Waals surface area contributed by atoms with Gasteiger partial charge in [0.25, 0.3) is 5.91 Å². The van der Waals surface area contributed by atoms with Gasteiger partial charge in [-0.25, -0.2) is 8.42 Å². The van der Waals surface area contributed by atoms with Crippen LogP contribution in [0.3, 0.4) is 0 Å². The molecular weight excluding hydrogens is 358 g/mol. The van der Waals surface area contributed by atoms with Crippen LogP contribution in [-0.4, -0.2) is 14.3 Å². The Bertz CT molecular complexity index is 928. The second-order valence-corrected chi connectivity index (χ2v) is 7.86. The van der Waals surface area contributed by atoms with E-state index in [1.54, 1.807) is 43.3 Å². The zero-order valence-electron chi connectivity index (χ0n) is 13.9. The summed E-state index contributed by atoms with van der Waals surface area (Å²) in [6, 6.07) is 13.0. The molecule has 6 heteroatoms. The van der Waals surface area contributed by atoms with Gasteiger partial charge in [0.1, 0.15) is 0 Å². The topological polar surface area (TPSA) is 63.2 Å². The van der Waals surface area contributed by atoms with E-state index in [-0.39, 0.29) is 16.2 Å². The Morgan fingerprint density at radius 1 is 1.08 bits per heavy atom. The number of hydrogen-bond donors (Lipinski definition) is 1. The normalized spacial score (nSPS) is 11.9. The van der Waals surface area contributed by atoms with Crippen molar-refractivity contribution in [1.29, 1.82) is 0 Å². The number of carbonyl (C=O) groups excluding carboxylic acids is 1. The maximum Gasteiger partial charge on any atom is 0.250 e. The standard InChI is InChI=1S/C19H18ClNO3S/c1-13(2)19(22)21-18(15-6-8-16(20)9-7-15)12-25(23,24)17-10-4-14(3)5-11-17/h4-12H,1H2,2-3H3,(H,21,22)/b18-12-. The Labute approximate surface area is 152 Å².